The first kappa shape index (κ1) is 18.8. The highest BCUT2D eigenvalue weighted by Gasteiger charge is 2.32. The molecule has 0 saturated heterocycles. The summed E-state index contributed by atoms with van der Waals surface area (Å²) in [4.78, 5) is 29.5. The average molecular weight is 391 g/mol. The Morgan fingerprint density at radius 3 is 2.81 bits per heavy atom. The van der Waals surface area contributed by atoms with Crippen LogP contribution in [-0.2, 0) is 19.2 Å². The molecule has 0 radical (unpaired) electrons. The third-order valence-electron chi connectivity index (χ3n) is 3.88. The summed E-state index contributed by atoms with van der Waals surface area (Å²) in [6.45, 7) is 1.44. The van der Waals surface area contributed by atoms with E-state index in [-0.39, 0.29) is 6.42 Å². The van der Waals surface area contributed by atoms with Crippen molar-refractivity contribution in [3.05, 3.63) is 64.9 Å². The Balaban J connectivity index is 1.55. The lowest BCUT2D eigenvalue weighted by Gasteiger charge is -2.15. The average Bonchev–Trinajstić information content (AvgIpc) is 3.14. The van der Waals surface area contributed by atoms with Crippen molar-refractivity contribution < 1.29 is 23.6 Å². The van der Waals surface area contributed by atoms with Gasteiger partial charge in [0, 0.05) is 12.0 Å². The van der Waals surface area contributed by atoms with Gasteiger partial charge in [-0.2, -0.15) is 0 Å². The number of para-hydroxylation sites is 1. The van der Waals surface area contributed by atoms with Gasteiger partial charge in [-0.05, 0) is 31.2 Å². The van der Waals surface area contributed by atoms with E-state index < -0.39 is 29.9 Å². The number of esters is 1. The smallest absolute Gasteiger partial charge is 0.351 e. The van der Waals surface area contributed by atoms with E-state index in [1.54, 1.807) is 36.4 Å². The molecular weight excluding hydrogens is 375 g/mol. The molecule has 2 atom stereocenters. The summed E-state index contributed by atoms with van der Waals surface area (Å²) in [5.74, 6) is -1.67. The zero-order chi connectivity index (χ0) is 19.4. The first-order valence-corrected chi connectivity index (χ1v) is 8.56. The van der Waals surface area contributed by atoms with Crippen LogP contribution in [0.5, 0.6) is 0 Å². The minimum absolute atomic E-state index is 0.126. The van der Waals surface area contributed by atoms with E-state index in [0.29, 0.717) is 22.0 Å². The SMILES string of the molecule is CC(OC(=O)C1CC(c2cccc(F)c2)=NO1)C(=O)Nc1ccccc1Cl. The Morgan fingerprint density at radius 2 is 2.07 bits per heavy atom. The molecule has 2 unspecified atom stereocenters. The summed E-state index contributed by atoms with van der Waals surface area (Å²) in [5.41, 5.74) is 1.38. The first-order valence-electron chi connectivity index (χ1n) is 8.18. The molecule has 2 aromatic rings. The van der Waals surface area contributed by atoms with Crippen molar-refractivity contribution in [3.63, 3.8) is 0 Å². The van der Waals surface area contributed by atoms with E-state index in [4.69, 9.17) is 21.2 Å². The summed E-state index contributed by atoms with van der Waals surface area (Å²) >= 11 is 5.98. The van der Waals surface area contributed by atoms with Crippen molar-refractivity contribution in [2.45, 2.75) is 25.6 Å². The molecule has 3 rings (SSSR count). The van der Waals surface area contributed by atoms with Crippen LogP contribution in [0.4, 0.5) is 10.1 Å². The van der Waals surface area contributed by atoms with Gasteiger partial charge in [0.15, 0.2) is 6.10 Å². The van der Waals surface area contributed by atoms with Crippen LogP contribution in [0.15, 0.2) is 53.7 Å². The van der Waals surface area contributed by atoms with Gasteiger partial charge in [-0.3, -0.25) is 4.79 Å². The number of ether oxygens (including phenoxy) is 1. The highest BCUT2D eigenvalue weighted by molar-refractivity contribution is 6.33. The van der Waals surface area contributed by atoms with Crippen LogP contribution in [0.25, 0.3) is 0 Å². The summed E-state index contributed by atoms with van der Waals surface area (Å²) in [6, 6.07) is 12.5. The lowest BCUT2D eigenvalue weighted by atomic mass is 10.1. The number of hydrogen-bond donors (Lipinski definition) is 1. The van der Waals surface area contributed by atoms with Crippen LogP contribution in [0.2, 0.25) is 5.02 Å². The lowest BCUT2D eigenvalue weighted by molar-refractivity contribution is -0.163. The third-order valence-corrected chi connectivity index (χ3v) is 4.21. The molecule has 0 spiro atoms. The molecule has 27 heavy (non-hydrogen) atoms. The monoisotopic (exact) mass is 390 g/mol. The fourth-order valence-corrected chi connectivity index (χ4v) is 2.63. The fraction of sp³-hybridized carbons (Fsp3) is 0.211. The molecule has 0 fully saturated rings. The maximum absolute atomic E-state index is 13.3. The molecule has 1 heterocycles. The van der Waals surface area contributed by atoms with E-state index in [1.165, 1.54) is 19.1 Å². The molecule has 8 heteroatoms. The number of nitrogens with zero attached hydrogens (tertiary/aromatic N) is 1. The third kappa shape index (κ3) is 4.62. The van der Waals surface area contributed by atoms with E-state index in [9.17, 15) is 14.0 Å². The Hall–Kier alpha value is -2.93. The van der Waals surface area contributed by atoms with E-state index >= 15 is 0 Å². The molecule has 0 aromatic heterocycles. The maximum Gasteiger partial charge on any atom is 0.351 e. The quantitative estimate of drug-likeness (QED) is 0.792. The summed E-state index contributed by atoms with van der Waals surface area (Å²) < 4.78 is 18.5. The normalized spacial score (nSPS) is 16.9. The number of hydrogen-bond acceptors (Lipinski definition) is 5. The van der Waals surface area contributed by atoms with Crippen molar-refractivity contribution in [2.75, 3.05) is 5.32 Å². The Morgan fingerprint density at radius 1 is 1.30 bits per heavy atom. The number of rotatable bonds is 5. The van der Waals surface area contributed by atoms with Crippen LogP contribution in [0.3, 0.4) is 0 Å². The second-order valence-electron chi connectivity index (χ2n) is 5.89. The van der Waals surface area contributed by atoms with Crippen LogP contribution < -0.4 is 5.32 Å². The van der Waals surface area contributed by atoms with Crippen molar-refractivity contribution in [1.82, 2.24) is 0 Å². The number of amides is 1. The molecule has 6 nitrogen and oxygen atoms in total. The standard InChI is InChI=1S/C19H16ClFN2O4/c1-11(18(24)22-15-8-3-2-7-14(15)20)26-19(25)17-10-16(23-27-17)12-5-4-6-13(21)9-12/h2-9,11,17H,10H2,1H3,(H,22,24). The van der Waals surface area contributed by atoms with Crippen molar-refractivity contribution in [3.8, 4) is 0 Å². The van der Waals surface area contributed by atoms with Crippen LogP contribution in [0, 0.1) is 5.82 Å². The van der Waals surface area contributed by atoms with Gasteiger partial charge in [-0.15, -0.1) is 0 Å². The van der Waals surface area contributed by atoms with Crippen molar-refractivity contribution in [1.29, 1.82) is 0 Å². The molecule has 0 aliphatic carbocycles. The molecule has 0 saturated carbocycles. The molecule has 2 aromatic carbocycles. The fourth-order valence-electron chi connectivity index (χ4n) is 2.44. The lowest BCUT2D eigenvalue weighted by Crippen LogP contribution is -2.34. The maximum atomic E-state index is 13.3. The second kappa shape index (κ2) is 8.18. The number of benzene rings is 2. The predicted molar refractivity (Wildman–Crippen MR) is 98.1 cm³/mol. The zero-order valence-corrected chi connectivity index (χ0v) is 15.1. The van der Waals surface area contributed by atoms with Gasteiger partial charge in [0.05, 0.1) is 16.4 Å². The van der Waals surface area contributed by atoms with Gasteiger partial charge >= 0.3 is 5.97 Å². The summed E-state index contributed by atoms with van der Waals surface area (Å²) in [5, 5.41) is 6.77. The van der Waals surface area contributed by atoms with Crippen molar-refractivity contribution in [2.24, 2.45) is 5.16 Å². The second-order valence-corrected chi connectivity index (χ2v) is 6.30. The van der Waals surface area contributed by atoms with Crippen LogP contribution >= 0.6 is 11.6 Å². The topological polar surface area (TPSA) is 77.0 Å². The van der Waals surface area contributed by atoms with E-state index in [1.807, 2.05) is 0 Å². The molecule has 1 N–H and O–H groups in total. The van der Waals surface area contributed by atoms with Gasteiger partial charge in [0.2, 0.25) is 6.10 Å². The number of anilines is 1. The van der Waals surface area contributed by atoms with Crippen molar-refractivity contribution >= 4 is 34.9 Å². The molecule has 1 amide bonds. The van der Waals surface area contributed by atoms with Gasteiger partial charge < -0.3 is 14.9 Å². The molecule has 0 bridgehead atoms. The summed E-state index contributed by atoms with van der Waals surface area (Å²) in [7, 11) is 0. The Bertz CT molecular complexity index is 903. The molecular formula is C19H16ClFN2O4. The largest absolute Gasteiger partial charge is 0.450 e. The minimum atomic E-state index is -1.06. The van der Waals surface area contributed by atoms with Crippen LogP contribution in [-0.4, -0.2) is 29.8 Å². The molecule has 140 valence electrons. The van der Waals surface area contributed by atoms with Crippen LogP contribution in [0.1, 0.15) is 18.9 Å². The minimum Gasteiger partial charge on any atom is -0.450 e. The highest BCUT2D eigenvalue weighted by atomic mass is 35.5. The Labute approximate surface area is 159 Å². The zero-order valence-electron chi connectivity index (χ0n) is 14.3. The number of carbonyl (C=O) groups is 2. The summed E-state index contributed by atoms with van der Waals surface area (Å²) in [6.07, 6.45) is -1.92. The molecule has 1 aliphatic heterocycles. The van der Waals surface area contributed by atoms with E-state index in [2.05, 4.69) is 10.5 Å². The highest BCUT2D eigenvalue weighted by Crippen LogP contribution is 2.22. The number of halogens is 2. The van der Waals surface area contributed by atoms with Gasteiger partial charge in [0.1, 0.15) is 5.82 Å². The predicted octanol–water partition coefficient (Wildman–Crippen LogP) is 3.54. The van der Waals surface area contributed by atoms with Gasteiger partial charge in [-0.25, -0.2) is 9.18 Å². The number of nitrogens with one attached hydrogen (secondary N) is 1. The number of oxime groups is 1. The van der Waals surface area contributed by atoms with E-state index in [0.717, 1.165) is 0 Å². The molecule has 1 aliphatic rings. The first-order chi connectivity index (χ1) is 12.9. The van der Waals surface area contributed by atoms with Gasteiger partial charge in [0.25, 0.3) is 5.91 Å². The Kier molecular flexibility index (Phi) is 5.71. The number of carbonyl (C=O) groups excluding carboxylic acids is 2. The van der Waals surface area contributed by atoms with Gasteiger partial charge in [-0.1, -0.05) is 41.0 Å².